The van der Waals surface area contributed by atoms with Gasteiger partial charge in [-0.2, -0.15) is 0 Å². The molecule has 2 heteroatoms. The quantitative estimate of drug-likeness (QED) is 0.637. The maximum absolute atomic E-state index is 6.36. The number of thioether (sulfide) groups is 1. The van der Waals surface area contributed by atoms with Crippen LogP contribution in [-0.4, -0.2) is 11.8 Å². The van der Waals surface area contributed by atoms with Gasteiger partial charge in [-0.1, -0.05) is 42.2 Å². The second kappa shape index (κ2) is 7.76. The summed E-state index contributed by atoms with van der Waals surface area (Å²) in [5.41, 5.74) is 9.16. The van der Waals surface area contributed by atoms with E-state index in [9.17, 15) is 0 Å². The average molecular weight is 275 g/mol. The minimum Gasteiger partial charge on any atom is -0.324 e. The van der Waals surface area contributed by atoms with Crippen LogP contribution in [0.4, 0.5) is 0 Å². The third-order valence-corrected chi connectivity index (χ3v) is 4.88. The molecule has 0 amide bonds. The van der Waals surface area contributed by atoms with Crippen molar-refractivity contribution >= 4 is 11.8 Å². The Hall–Kier alpha value is -0.730. The Kier molecular flexibility index (Phi) is 5.99. The van der Waals surface area contributed by atoms with Crippen molar-refractivity contribution in [2.75, 3.05) is 5.75 Å². The third kappa shape index (κ3) is 5.04. The fourth-order valence-electron chi connectivity index (χ4n) is 2.48. The smallest absolute Gasteiger partial charge is 0.0349 e. The molecule has 0 radical (unpaired) electrons. The minimum absolute atomic E-state index is 0.226. The number of rotatable bonds is 4. The molecule has 1 nitrogen and oxygen atoms in total. The predicted molar refractivity (Wildman–Crippen MR) is 85.7 cm³/mol. The Balaban J connectivity index is 1.85. The number of hydrogen-bond donors (Lipinski definition) is 1. The molecule has 104 valence electrons. The van der Waals surface area contributed by atoms with E-state index < -0.39 is 0 Å². The van der Waals surface area contributed by atoms with Crippen LogP contribution in [0.1, 0.15) is 44.1 Å². The highest BCUT2D eigenvalue weighted by Crippen LogP contribution is 2.24. The van der Waals surface area contributed by atoms with Crippen LogP contribution >= 0.6 is 11.8 Å². The van der Waals surface area contributed by atoms with Gasteiger partial charge in [-0.25, -0.2) is 0 Å². The van der Waals surface area contributed by atoms with E-state index in [1.165, 1.54) is 54.6 Å². The Bertz CT molecular complexity index is 408. The Labute approximate surface area is 121 Å². The van der Waals surface area contributed by atoms with Gasteiger partial charge in [0.1, 0.15) is 0 Å². The number of aryl methyl sites for hydroxylation is 1. The summed E-state index contributed by atoms with van der Waals surface area (Å²) in [7, 11) is 0. The zero-order valence-corrected chi connectivity index (χ0v) is 12.7. The van der Waals surface area contributed by atoms with Crippen LogP contribution in [0.3, 0.4) is 0 Å². The summed E-state index contributed by atoms with van der Waals surface area (Å²) in [5, 5.41) is 0. The lowest BCUT2D eigenvalue weighted by molar-refractivity contribution is 0.606. The molecule has 0 bridgehead atoms. The summed E-state index contributed by atoms with van der Waals surface area (Å²) in [4.78, 5) is 1.33. The molecule has 2 N–H and O–H groups in total. The van der Waals surface area contributed by atoms with Crippen molar-refractivity contribution in [1.29, 1.82) is 0 Å². The molecule has 19 heavy (non-hydrogen) atoms. The van der Waals surface area contributed by atoms with E-state index in [0.717, 1.165) is 5.75 Å². The second-order valence-electron chi connectivity index (χ2n) is 5.46. The molecule has 1 aromatic carbocycles. The molecule has 0 fully saturated rings. The second-order valence-corrected chi connectivity index (χ2v) is 6.56. The van der Waals surface area contributed by atoms with E-state index in [1.807, 2.05) is 11.8 Å². The fourth-order valence-corrected chi connectivity index (χ4v) is 3.40. The Morgan fingerprint density at radius 2 is 1.84 bits per heavy atom. The molecule has 0 aliphatic heterocycles. The summed E-state index contributed by atoms with van der Waals surface area (Å²) < 4.78 is 0. The van der Waals surface area contributed by atoms with E-state index >= 15 is 0 Å². The van der Waals surface area contributed by atoms with Crippen LogP contribution in [0.2, 0.25) is 0 Å². The number of benzene rings is 1. The van der Waals surface area contributed by atoms with E-state index in [1.54, 1.807) is 0 Å². The lowest BCUT2D eigenvalue weighted by atomic mass is 9.96. The highest BCUT2D eigenvalue weighted by Gasteiger charge is 2.11. The van der Waals surface area contributed by atoms with Gasteiger partial charge < -0.3 is 5.73 Å². The van der Waals surface area contributed by atoms with Crippen LogP contribution in [0.5, 0.6) is 0 Å². The van der Waals surface area contributed by atoms with Crippen LogP contribution in [0.15, 0.2) is 40.8 Å². The van der Waals surface area contributed by atoms with E-state index in [4.69, 9.17) is 5.73 Å². The van der Waals surface area contributed by atoms with Crippen LogP contribution < -0.4 is 5.73 Å². The summed E-state index contributed by atoms with van der Waals surface area (Å²) in [5.74, 6) is 0.995. The standard InChI is InChI=1S/C17H25NS/c1-14-9-11-16(12-10-14)19-13-17(18)15-7-5-3-2-4-6-8-15/h7,9-12,17H,2-6,8,13,18H2,1H3/b15-7+. The molecule has 0 aromatic heterocycles. The Morgan fingerprint density at radius 3 is 2.63 bits per heavy atom. The lowest BCUT2D eigenvalue weighted by Crippen LogP contribution is -2.25. The van der Waals surface area contributed by atoms with Gasteiger partial charge in [-0.05, 0) is 44.7 Å². The Morgan fingerprint density at radius 1 is 1.11 bits per heavy atom. The number of nitrogens with two attached hydrogens (primary N) is 1. The molecule has 1 aliphatic rings. The van der Waals surface area contributed by atoms with Crippen molar-refractivity contribution in [1.82, 2.24) is 0 Å². The zero-order chi connectivity index (χ0) is 13.5. The monoisotopic (exact) mass is 275 g/mol. The summed E-state index contributed by atoms with van der Waals surface area (Å²) in [6.07, 6.45) is 10.2. The van der Waals surface area contributed by atoms with Crippen molar-refractivity contribution in [2.45, 2.75) is 56.4 Å². The van der Waals surface area contributed by atoms with Crippen molar-refractivity contribution in [3.8, 4) is 0 Å². The molecular weight excluding hydrogens is 250 g/mol. The molecule has 1 atom stereocenters. The first-order valence-corrected chi connectivity index (χ1v) is 8.38. The van der Waals surface area contributed by atoms with Crippen LogP contribution in [0, 0.1) is 6.92 Å². The van der Waals surface area contributed by atoms with Gasteiger partial charge in [0, 0.05) is 16.7 Å². The van der Waals surface area contributed by atoms with E-state index in [-0.39, 0.29) is 6.04 Å². The minimum atomic E-state index is 0.226. The topological polar surface area (TPSA) is 26.0 Å². The molecule has 0 saturated heterocycles. The maximum Gasteiger partial charge on any atom is 0.0349 e. The van der Waals surface area contributed by atoms with Crippen molar-refractivity contribution < 1.29 is 0 Å². The van der Waals surface area contributed by atoms with Crippen molar-refractivity contribution in [3.05, 3.63) is 41.5 Å². The first-order valence-electron chi connectivity index (χ1n) is 7.39. The lowest BCUT2D eigenvalue weighted by Gasteiger charge is -2.18. The highest BCUT2D eigenvalue weighted by molar-refractivity contribution is 7.99. The molecule has 0 spiro atoms. The van der Waals surface area contributed by atoms with E-state index in [2.05, 4.69) is 37.3 Å². The number of allylic oxidation sites excluding steroid dienone is 1. The molecule has 1 aromatic rings. The summed E-state index contributed by atoms with van der Waals surface area (Å²) in [6.45, 7) is 2.12. The summed E-state index contributed by atoms with van der Waals surface area (Å²) >= 11 is 1.88. The fraction of sp³-hybridized carbons (Fsp3) is 0.529. The average Bonchev–Trinajstić information content (AvgIpc) is 2.37. The molecule has 0 saturated carbocycles. The molecule has 1 unspecified atom stereocenters. The largest absolute Gasteiger partial charge is 0.324 e. The first kappa shape index (κ1) is 14.7. The van der Waals surface area contributed by atoms with Gasteiger partial charge in [0.2, 0.25) is 0 Å². The van der Waals surface area contributed by atoms with Gasteiger partial charge in [0.05, 0.1) is 0 Å². The molecule has 0 heterocycles. The SMILES string of the molecule is Cc1ccc(SCC(N)/C2=C/CCCCCC2)cc1. The van der Waals surface area contributed by atoms with Crippen molar-refractivity contribution in [2.24, 2.45) is 5.73 Å². The van der Waals surface area contributed by atoms with Gasteiger partial charge >= 0.3 is 0 Å². The van der Waals surface area contributed by atoms with Crippen LogP contribution in [-0.2, 0) is 0 Å². The van der Waals surface area contributed by atoms with Gasteiger partial charge in [0.15, 0.2) is 0 Å². The normalized spacial score (nSPS) is 21.1. The summed E-state index contributed by atoms with van der Waals surface area (Å²) in [6, 6.07) is 8.95. The number of hydrogen-bond acceptors (Lipinski definition) is 2. The molecule has 1 aliphatic carbocycles. The first-order chi connectivity index (χ1) is 9.25. The van der Waals surface area contributed by atoms with Crippen molar-refractivity contribution in [3.63, 3.8) is 0 Å². The van der Waals surface area contributed by atoms with Gasteiger partial charge in [0.25, 0.3) is 0 Å². The molecular formula is C17H25NS. The third-order valence-electron chi connectivity index (χ3n) is 3.75. The van der Waals surface area contributed by atoms with Crippen LogP contribution in [0.25, 0.3) is 0 Å². The molecule has 2 rings (SSSR count). The zero-order valence-electron chi connectivity index (χ0n) is 11.9. The van der Waals surface area contributed by atoms with E-state index in [0.29, 0.717) is 0 Å². The van der Waals surface area contributed by atoms with Gasteiger partial charge in [-0.15, -0.1) is 11.8 Å². The van der Waals surface area contributed by atoms with Gasteiger partial charge in [-0.3, -0.25) is 0 Å². The highest BCUT2D eigenvalue weighted by atomic mass is 32.2. The predicted octanol–water partition coefficient (Wildman–Crippen LogP) is 4.70. The maximum atomic E-state index is 6.36.